The van der Waals surface area contributed by atoms with Crippen LogP contribution in [0.4, 0.5) is 0 Å². The van der Waals surface area contributed by atoms with Crippen LogP contribution >= 0.6 is 11.6 Å². The summed E-state index contributed by atoms with van der Waals surface area (Å²) >= 11 is 6.01. The molecule has 1 atom stereocenters. The fraction of sp³-hybridized carbons (Fsp3) is 0.562. The molecule has 20 heavy (non-hydrogen) atoms. The third-order valence-electron chi connectivity index (χ3n) is 4.42. The molecule has 1 saturated heterocycles. The fourth-order valence-electron chi connectivity index (χ4n) is 2.86. The second-order valence-corrected chi connectivity index (χ2v) is 6.07. The van der Waals surface area contributed by atoms with Crippen molar-refractivity contribution in [1.29, 1.82) is 0 Å². The van der Waals surface area contributed by atoms with Crippen LogP contribution in [0.3, 0.4) is 0 Å². The van der Waals surface area contributed by atoms with Crippen LogP contribution in [0.15, 0.2) is 24.3 Å². The van der Waals surface area contributed by atoms with E-state index in [-0.39, 0.29) is 17.4 Å². The van der Waals surface area contributed by atoms with Crippen molar-refractivity contribution in [1.82, 2.24) is 10.6 Å². The van der Waals surface area contributed by atoms with Gasteiger partial charge in [-0.3, -0.25) is 4.79 Å². The van der Waals surface area contributed by atoms with E-state index in [1.165, 1.54) is 0 Å². The van der Waals surface area contributed by atoms with Gasteiger partial charge in [0.15, 0.2) is 0 Å². The van der Waals surface area contributed by atoms with Crippen LogP contribution in [0.2, 0.25) is 5.02 Å². The van der Waals surface area contributed by atoms with E-state index in [1.54, 1.807) is 0 Å². The SMILES string of the molecule is CCC1(C(=O)N[C@H](C)c2cccc(Cl)c2)CCNCC1. The third-order valence-corrected chi connectivity index (χ3v) is 4.65. The van der Waals surface area contributed by atoms with Gasteiger partial charge in [-0.2, -0.15) is 0 Å². The highest BCUT2D eigenvalue weighted by molar-refractivity contribution is 6.30. The molecular weight excluding hydrogens is 272 g/mol. The van der Waals surface area contributed by atoms with E-state index < -0.39 is 0 Å². The molecule has 0 radical (unpaired) electrons. The number of hydrogen-bond acceptors (Lipinski definition) is 2. The summed E-state index contributed by atoms with van der Waals surface area (Å²) in [4.78, 5) is 12.6. The lowest BCUT2D eigenvalue weighted by molar-refractivity contribution is -0.133. The molecule has 0 aromatic heterocycles. The minimum absolute atomic E-state index is 0.0143. The molecule has 1 aromatic rings. The number of hydrogen-bond donors (Lipinski definition) is 2. The van der Waals surface area contributed by atoms with Crippen molar-refractivity contribution in [2.24, 2.45) is 5.41 Å². The molecule has 3 nitrogen and oxygen atoms in total. The molecule has 0 spiro atoms. The van der Waals surface area contributed by atoms with Crippen molar-refractivity contribution in [3.05, 3.63) is 34.9 Å². The topological polar surface area (TPSA) is 41.1 Å². The predicted octanol–water partition coefficient (Wildman–Crippen LogP) is 3.30. The Morgan fingerprint density at radius 3 is 2.75 bits per heavy atom. The highest BCUT2D eigenvalue weighted by atomic mass is 35.5. The third kappa shape index (κ3) is 3.33. The standard InChI is InChI=1S/C16H23ClN2O/c1-3-16(7-9-18-10-8-16)15(20)19-12(2)13-5-4-6-14(17)11-13/h4-6,11-12,18H,3,7-10H2,1-2H3,(H,19,20)/t12-/m1/s1. The number of amides is 1. The van der Waals surface area contributed by atoms with Crippen molar-refractivity contribution in [3.63, 3.8) is 0 Å². The van der Waals surface area contributed by atoms with E-state index in [2.05, 4.69) is 17.6 Å². The Labute approximate surface area is 126 Å². The molecular formula is C16H23ClN2O. The summed E-state index contributed by atoms with van der Waals surface area (Å²) in [5, 5.41) is 7.19. The number of rotatable bonds is 4. The molecule has 0 bridgehead atoms. The van der Waals surface area contributed by atoms with Gasteiger partial charge in [-0.25, -0.2) is 0 Å². The van der Waals surface area contributed by atoms with Crippen LogP contribution in [-0.2, 0) is 4.79 Å². The molecule has 0 unspecified atom stereocenters. The van der Waals surface area contributed by atoms with Crippen LogP contribution in [0.25, 0.3) is 0 Å². The molecule has 2 rings (SSSR count). The molecule has 1 heterocycles. The Kier molecular flexibility index (Phi) is 5.06. The van der Waals surface area contributed by atoms with Crippen LogP contribution in [0.1, 0.15) is 44.7 Å². The van der Waals surface area contributed by atoms with E-state index in [9.17, 15) is 4.79 Å². The first-order valence-corrected chi connectivity index (χ1v) is 7.72. The van der Waals surface area contributed by atoms with Gasteiger partial charge in [0.2, 0.25) is 5.91 Å². The highest BCUT2D eigenvalue weighted by Crippen LogP contribution is 2.33. The van der Waals surface area contributed by atoms with Gasteiger partial charge in [-0.05, 0) is 57.0 Å². The summed E-state index contributed by atoms with van der Waals surface area (Å²) in [5.41, 5.74) is 0.837. The summed E-state index contributed by atoms with van der Waals surface area (Å²) in [6.45, 7) is 5.96. The second-order valence-electron chi connectivity index (χ2n) is 5.63. The van der Waals surface area contributed by atoms with Gasteiger partial charge in [-0.15, -0.1) is 0 Å². The maximum Gasteiger partial charge on any atom is 0.226 e. The molecule has 1 aliphatic heterocycles. The summed E-state index contributed by atoms with van der Waals surface area (Å²) in [6.07, 6.45) is 2.72. The van der Waals surface area contributed by atoms with Crippen molar-refractivity contribution in [2.45, 2.75) is 39.2 Å². The predicted molar refractivity (Wildman–Crippen MR) is 82.8 cm³/mol. The average molecular weight is 295 g/mol. The zero-order chi connectivity index (χ0) is 14.6. The lowest BCUT2D eigenvalue weighted by atomic mass is 9.75. The van der Waals surface area contributed by atoms with E-state index in [0.717, 1.165) is 37.9 Å². The molecule has 1 fully saturated rings. The normalized spacial score (nSPS) is 19.4. The maximum absolute atomic E-state index is 12.6. The van der Waals surface area contributed by atoms with Crippen LogP contribution in [0, 0.1) is 5.41 Å². The molecule has 4 heteroatoms. The monoisotopic (exact) mass is 294 g/mol. The number of nitrogens with one attached hydrogen (secondary N) is 2. The summed E-state index contributed by atoms with van der Waals surface area (Å²) in [6, 6.07) is 7.66. The maximum atomic E-state index is 12.6. The lowest BCUT2D eigenvalue weighted by Crippen LogP contribution is -2.47. The average Bonchev–Trinajstić information content (AvgIpc) is 2.47. The summed E-state index contributed by atoms with van der Waals surface area (Å²) in [5.74, 6) is 0.175. The van der Waals surface area contributed by atoms with Gasteiger partial charge < -0.3 is 10.6 Å². The van der Waals surface area contributed by atoms with E-state index in [4.69, 9.17) is 11.6 Å². The Hall–Kier alpha value is -1.06. The van der Waals surface area contributed by atoms with Crippen molar-refractivity contribution >= 4 is 17.5 Å². The van der Waals surface area contributed by atoms with E-state index in [1.807, 2.05) is 31.2 Å². The Morgan fingerprint density at radius 2 is 2.15 bits per heavy atom. The molecule has 1 aliphatic rings. The summed E-state index contributed by atoms with van der Waals surface area (Å²) in [7, 11) is 0. The van der Waals surface area contributed by atoms with Gasteiger partial charge in [0.05, 0.1) is 11.5 Å². The number of halogens is 1. The first-order chi connectivity index (χ1) is 9.57. The lowest BCUT2D eigenvalue weighted by Gasteiger charge is -2.36. The van der Waals surface area contributed by atoms with Crippen LogP contribution in [-0.4, -0.2) is 19.0 Å². The van der Waals surface area contributed by atoms with Crippen LogP contribution in [0.5, 0.6) is 0 Å². The Morgan fingerprint density at radius 1 is 1.45 bits per heavy atom. The molecule has 0 saturated carbocycles. The Bertz CT molecular complexity index is 469. The number of benzene rings is 1. The quantitative estimate of drug-likeness (QED) is 0.894. The fourth-order valence-corrected chi connectivity index (χ4v) is 3.05. The van der Waals surface area contributed by atoms with Gasteiger partial charge in [0.25, 0.3) is 0 Å². The van der Waals surface area contributed by atoms with E-state index >= 15 is 0 Å². The zero-order valence-electron chi connectivity index (χ0n) is 12.2. The molecule has 110 valence electrons. The van der Waals surface area contributed by atoms with Crippen LogP contribution < -0.4 is 10.6 Å². The number of piperidine rings is 1. The molecule has 2 N–H and O–H groups in total. The zero-order valence-corrected chi connectivity index (χ0v) is 13.0. The second kappa shape index (κ2) is 6.59. The molecule has 0 aliphatic carbocycles. The van der Waals surface area contributed by atoms with Gasteiger partial charge in [-0.1, -0.05) is 30.7 Å². The van der Waals surface area contributed by atoms with Gasteiger partial charge >= 0.3 is 0 Å². The minimum Gasteiger partial charge on any atom is -0.349 e. The Balaban J connectivity index is 2.06. The van der Waals surface area contributed by atoms with Crippen molar-refractivity contribution in [3.8, 4) is 0 Å². The summed E-state index contributed by atoms with van der Waals surface area (Å²) < 4.78 is 0. The largest absolute Gasteiger partial charge is 0.349 e. The smallest absolute Gasteiger partial charge is 0.226 e. The molecule has 1 aromatic carbocycles. The molecule has 1 amide bonds. The van der Waals surface area contributed by atoms with Crippen molar-refractivity contribution in [2.75, 3.05) is 13.1 Å². The van der Waals surface area contributed by atoms with Crippen molar-refractivity contribution < 1.29 is 4.79 Å². The highest BCUT2D eigenvalue weighted by Gasteiger charge is 2.38. The van der Waals surface area contributed by atoms with E-state index in [0.29, 0.717) is 5.02 Å². The first-order valence-electron chi connectivity index (χ1n) is 7.34. The number of carbonyl (C=O) groups excluding carboxylic acids is 1. The van der Waals surface area contributed by atoms with Gasteiger partial charge in [0, 0.05) is 5.02 Å². The first kappa shape index (κ1) is 15.3. The van der Waals surface area contributed by atoms with Gasteiger partial charge in [0.1, 0.15) is 0 Å². The minimum atomic E-state index is -0.210. The number of carbonyl (C=O) groups is 1.